The van der Waals surface area contributed by atoms with Gasteiger partial charge in [0.1, 0.15) is 0 Å². The molecule has 0 radical (unpaired) electrons. The van der Waals surface area contributed by atoms with Gasteiger partial charge in [-0.2, -0.15) is 5.10 Å². The lowest BCUT2D eigenvalue weighted by molar-refractivity contribution is -0.125. The average Bonchev–Trinajstić information content (AvgIpc) is 2.84. The van der Waals surface area contributed by atoms with Crippen LogP contribution in [0.15, 0.2) is 12.3 Å². The topological polar surface area (TPSA) is 72.9 Å². The van der Waals surface area contributed by atoms with E-state index in [-0.39, 0.29) is 17.9 Å². The maximum atomic E-state index is 11.8. The first-order chi connectivity index (χ1) is 7.66. The number of nitrogens with two attached hydrogens (primary N) is 1. The predicted molar refractivity (Wildman–Crippen MR) is 60.4 cm³/mol. The molecule has 88 valence electrons. The number of carbonyl (C=O) groups is 1. The molecular formula is C11H18N4O. The molecule has 1 aliphatic rings. The Hall–Kier alpha value is -1.36. The van der Waals surface area contributed by atoms with Crippen molar-refractivity contribution in [3.05, 3.63) is 18.0 Å². The van der Waals surface area contributed by atoms with Gasteiger partial charge in [0, 0.05) is 19.3 Å². The van der Waals surface area contributed by atoms with Crippen molar-refractivity contribution in [3.8, 4) is 0 Å². The minimum absolute atomic E-state index is 0.0105. The van der Waals surface area contributed by atoms with Crippen molar-refractivity contribution in [1.82, 2.24) is 15.1 Å². The second kappa shape index (κ2) is 4.65. The van der Waals surface area contributed by atoms with E-state index < -0.39 is 0 Å². The van der Waals surface area contributed by atoms with Gasteiger partial charge in [-0.05, 0) is 18.9 Å². The van der Waals surface area contributed by atoms with Crippen LogP contribution in [0.25, 0.3) is 0 Å². The van der Waals surface area contributed by atoms with Gasteiger partial charge < -0.3 is 11.1 Å². The van der Waals surface area contributed by atoms with Gasteiger partial charge in [-0.25, -0.2) is 0 Å². The Labute approximate surface area is 95.0 Å². The van der Waals surface area contributed by atoms with Gasteiger partial charge in [-0.1, -0.05) is 6.42 Å². The average molecular weight is 222 g/mol. The maximum absolute atomic E-state index is 11.8. The van der Waals surface area contributed by atoms with Gasteiger partial charge in [0.15, 0.2) is 0 Å². The van der Waals surface area contributed by atoms with Crippen molar-refractivity contribution in [2.45, 2.75) is 31.8 Å². The minimum Gasteiger partial charge on any atom is -0.350 e. The summed E-state index contributed by atoms with van der Waals surface area (Å²) >= 11 is 0. The molecular weight excluding hydrogens is 204 g/mol. The third-order valence-corrected chi connectivity index (χ3v) is 3.12. The van der Waals surface area contributed by atoms with Gasteiger partial charge in [0.2, 0.25) is 5.91 Å². The summed E-state index contributed by atoms with van der Waals surface area (Å²) in [5.74, 6) is 0.0550. The molecule has 0 aliphatic heterocycles. The molecule has 1 aromatic heterocycles. The van der Waals surface area contributed by atoms with Crippen LogP contribution in [-0.2, 0) is 18.4 Å². The van der Waals surface area contributed by atoms with E-state index in [0.29, 0.717) is 6.54 Å². The summed E-state index contributed by atoms with van der Waals surface area (Å²) in [6, 6.07) is 1.93. The second-order valence-corrected chi connectivity index (χ2v) is 4.40. The van der Waals surface area contributed by atoms with Crippen LogP contribution in [0.2, 0.25) is 0 Å². The molecule has 0 bridgehead atoms. The van der Waals surface area contributed by atoms with E-state index in [1.807, 2.05) is 19.3 Å². The Morgan fingerprint density at radius 3 is 3.06 bits per heavy atom. The normalized spacial score (nSPS) is 24.6. The highest BCUT2D eigenvalue weighted by Crippen LogP contribution is 2.23. The highest BCUT2D eigenvalue weighted by molar-refractivity contribution is 5.79. The van der Waals surface area contributed by atoms with Crippen LogP contribution in [0.5, 0.6) is 0 Å². The minimum atomic E-state index is -0.0105. The highest BCUT2D eigenvalue weighted by atomic mass is 16.1. The zero-order valence-electron chi connectivity index (χ0n) is 9.52. The number of hydrogen-bond acceptors (Lipinski definition) is 3. The number of hydrogen-bond donors (Lipinski definition) is 2. The SMILES string of the molecule is Cn1ccc(CNC(=O)C2CCCC2N)n1. The smallest absolute Gasteiger partial charge is 0.224 e. The van der Waals surface area contributed by atoms with Crippen LogP contribution in [0.4, 0.5) is 0 Å². The summed E-state index contributed by atoms with van der Waals surface area (Å²) in [5.41, 5.74) is 6.75. The number of amides is 1. The summed E-state index contributed by atoms with van der Waals surface area (Å²) in [5, 5.41) is 7.09. The zero-order chi connectivity index (χ0) is 11.5. The fourth-order valence-electron chi connectivity index (χ4n) is 2.18. The highest BCUT2D eigenvalue weighted by Gasteiger charge is 2.29. The predicted octanol–water partition coefficient (Wildman–Crippen LogP) is 0.164. The van der Waals surface area contributed by atoms with Crippen LogP contribution in [0, 0.1) is 5.92 Å². The summed E-state index contributed by atoms with van der Waals surface area (Å²) in [6.07, 6.45) is 4.79. The standard InChI is InChI=1S/C11H18N4O/c1-15-6-5-8(14-15)7-13-11(16)9-3-2-4-10(9)12/h5-6,9-10H,2-4,7,12H2,1H3,(H,13,16). The number of rotatable bonds is 3. The fraction of sp³-hybridized carbons (Fsp3) is 0.636. The van der Waals surface area contributed by atoms with Crippen LogP contribution in [-0.4, -0.2) is 21.7 Å². The molecule has 1 saturated carbocycles. The van der Waals surface area contributed by atoms with Gasteiger partial charge in [0.25, 0.3) is 0 Å². The van der Waals surface area contributed by atoms with Crippen molar-refractivity contribution in [2.24, 2.45) is 18.7 Å². The summed E-state index contributed by atoms with van der Waals surface area (Å²) < 4.78 is 1.72. The third-order valence-electron chi connectivity index (χ3n) is 3.12. The van der Waals surface area contributed by atoms with Crippen LogP contribution < -0.4 is 11.1 Å². The summed E-state index contributed by atoms with van der Waals surface area (Å²) in [4.78, 5) is 11.8. The molecule has 2 rings (SSSR count). The lowest BCUT2D eigenvalue weighted by Crippen LogP contribution is -2.38. The van der Waals surface area contributed by atoms with Crippen molar-refractivity contribution in [1.29, 1.82) is 0 Å². The van der Waals surface area contributed by atoms with E-state index in [1.54, 1.807) is 4.68 Å². The molecule has 0 saturated heterocycles. The first-order valence-corrected chi connectivity index (χ1v) is 5.68. The fourth-order valence-corrected chi connectivity index (χ4v) is 2.18. The quantitative estimate of drug-likeness (QED) is 0.765. The van der Waals surface area contributed by atoms with Crippen LogP contribution in [0.3, 0.4) is 0 Å². The maximum Gasteiger partial charge on any atom is 0.224 e. The number of carbonyl (C=O) groups excluding carboxylic acids is 1. The molecule has 3 N–H and O–H groups in total. The van der Waals surface area contributed by atoms with Crippen molar-refractivity contribution in [3.63, 3.8) is 0 Å². The molecule has 0 spiro atoms. The molecule has 16 heavy (non-hydrogen) atoms. The van der Waals surface area contributed by atoms with Crippen LogP contribution >= 0.6 is 0 Å². The first-order valence-electron chi connectivity index (χ1n) is 5.68. The third kappa shape index (κ3) is 2.41. The molecule has 1 fully saturated rings. The molecule has 1 heterocycles. The van der Waals surface area contributed by atoms with Crippen molar-refractivity contribution in [2.75, 3.05) is 0 Å². The molecule has 5 heteroatoms. The van der Waals surface area contributed by atoms with E-state index in [9.17, 15) is 4.79 Å². The van der Waals surface area contributed by atoms with Crippen molar-refractivity contribution < 1.29 is 4.79 Å². The number of nitrogens with zero attached hydrogens (tertiary/aromatic N) is 2. The number of aromatic nitrogens is 2. The van der Waals surface area contributed by atoms with Gasteiger partial charge in [0.05, 0.1) is 18.2 Å². The summed E-state index contributed by atoms with van der Waals surface area (Å²) in [7, 11) is 1.86. The molecule has 2 unspecified atom stereocenters. The van der Waals surface area contributed by atoms with E-state index in [2.05, 4.69) is 10.4 Å². The van der Waals surface area contributed by atoms with E-state index >= 15 is 0 Å². The largest absolute Gasteiger partial charge is 0.350 e. The van der Waals surface area contributed by atoms with Crippen LogP contribution in [0.1, 0.15) is 25.0 Å². The van der Waals surface area contributed by atoms with E-state index in [0.717, 1.165) is 25.0 Å². The van der Waals surface area contributed by atoms with Gasteiger partial charge in [-0.15, -0.1) is 0 Å². The lowest BCUT2D eigenvalue weighted by atomic mass is 10.0. The lowest BCUT2D eigenvalue weighted by Gasteiger charge is -2.14. The molecule has 1 aromatic rings. The Morgan fingerprint density at radius 1 is 1.69 bits per heavy atom. The molecule has 1 amide bonds. The van der Waals surface area contributed by atoms with Gasteiger partial charge in [-0.3, -0.25) is 9.48 Å². The number of nitrogens with one attached hydrogen (secondary N) is 1. The Bertz CT molecular complexity index is 374. The Kier molecular flexibility index (Phi) is 3.24. The molecule has 5 nitrogen and oxygen atoms in total. The first kappa shape index (κ1) is 11.1. The molecule has 2 atom stereocenters. The summed E-state index contributed by atoms with van der Waals surface area (Å²) in [6.45, 7) is 0.489. The van der Waals surface area contributed by atoms with E-state index in [1.165, 1.54) is 0 Å². The Morgan fingerprint density at radius 2 is 2.50 bits per heavy atom. The van der Waals surface area contributed by atoms with Crippen molar-refractivity contribution >= 4 is 5.91 Å². The monoisotopic (exact) mass is 222 g/mol. The zero-order valence-corrected chi connectivity index (χ0v) is 9.52. The van der Waals surface area contributed by atoms with E-state index in [4.69, 9.17) is 5.73 Å². The Balaban J connectivity index is 1.83. The molecule has 1 aliphatic carbocycles. The second-order valence-electron chi connectivity index (χ2n) is 4.40. The van der Waals surface area contributed by atoms with Gasteiger partial charge >= 0.3 is 0 Å². The number of aryl methyl sites for hydroxylation is 1. The molecule has 0 aromatic carbocycles.